The van der Waals surface area contributed by atoms with Crippen LogP contribution in [0.25, 0.3) is 0 Å². The fourth-order valence-corrected chi connectivity index (χ4v) is 2.93. The second-order valence-corrected chi connectivity index (χ2v) is 6.14. The van der Waals surface area contributed by atoms with Crippen LogP contribution in [0.15, 0.2) is 53.6 Å². The quantitative estimate of drug-likeness (QED) is 0.612. The van der Waals surface area contributed by atoms with Gasteiger partial charge in [0.1, 0.15) is 11.5 Å². The number of para-hydroxylation sites is 1. The number of ether oxygens (including phenoxy) is 3. The highest BCUT2D eigenvalue weighted by molar-refractivity contribution is 5.99. The summed E-state index contributed by atoms with van der Waals surface area (Å²) >= 11 is 0. The number of carbonyl (C=O) groups is 2. The zero-order valence-corrected chi connectivity index (χ0v) is 15.6. The number of carbonyl (C=O) groups excluding carboxylic acids is 2. The molecule has 140 valence electrons. The molecule has 0 aliphatic carbocycles. The fourth-order valence-electron chi connectivity index (χ4n) is 2.93. The van der Waals surface area contributed by atoms with E-state index < -0.39 is 11.7 Å². The van der Waals surface area contributed by atoms with Crippen LogP contribution in [-0.4, -0.2) is 29.9 Å². The van der Waals surface area contributed by atoms with Crippen molar-refractivity contribution in [1.29, 1.82) is 0 Å². The smallest absolute Gasteiger partial charge is 0.308 e. The van der Waals surface area contributed by atoms with Crippen molar-refractivity contribution in [2.75, 3.05) is 7.11 Å². The number of hydrogen-bond donors (Lipinski definition) is 0. The molecule has 0 unspecified atom stereocenters. The predicted molar refractivity (Wildman–Crippen MR) is 98.2 cm³/mol. The highest BCUT2D eigenvalue weighted by Gasteiger charge is 2.45. The van der Waals surface area contributed by atoms with E-state index in [4.69, 9.17) is 14.2 Å². The van der Waals surface area contributed by atoms with Crippen LogP contribution in [-0.2, 0) is 20.1 Å². The van der Waals surface area contributed by atoms with Gasteiger partial charge in [-0.3, -0.25) is 9.59 Å². The summed E-state index contributed by atoms with van der Waals surface area (Å²) < 4.78 is 16.6. The molecule has 0 N–H and O–H groups in total. The van der Waals surface area contributed by atoms with Crippen LogP contribution in [0.3, 0.4) is 0 Å². The van der Waals surface area contributed by atoms with Gasteiger partial charge in [0.15, 0.2) is 0 Å². The van der Waals surface area contributed by atoms with Crippen molar-refractivity contribution < 1.29 is 23.8 Å². The van der Waals surface area contributed by atoms with Crippen molar-refractivity contribution in [3.05, 3.63) is 59.7 Å². The molecule has 2 aromatic rings. The lowest BCUT2D eigenvalue weighted by atomic mass is 10.0. The topological polar surface area (TPSA) is 77.4 Å². The molecule has 1 aliphatic heterocycles. The highest BCUT2D eigenvalue weighted by atomic mass is 16.6. The summed E-state index contributed by atoms with van der Waals surface area (Å²) in [5.74, 6) is 0.485. The first-order valence-corrected chi connectivity index (χ1v) is 8.36. The monoisotopic (exact) mass is 368 g/mol. The van der Waals surface area contributed by atoms with Crippen LogP contribution in [0.1, 0.15) is 31.9 Å². The van der Waals surface area contributed by atoms with Gasteiger partial charge in [0.05, 0.1) is 12.7 Å². The third kappa shape index (κ3) is 3.48. The number of amides is 1. The first-order valence-electron chi connectivity index (χ1n) is 8.36. The Morgan fingerprint density at radius 2 is 1.85 bits per heavy atom. The minimum Gasteiger partial charge on any atom is -0.496 e. The average molecular weight is 368 g/mol. The van der Waals surface area contributed by atoms with Gasteiger partial charge in [0.2, 0.25) is 17.5 Å². The Hall–Kier alpha value is -3.35. The molecular formula is C20H20N2O5. The standard InChI is InChI=1S/C20H20N2O5/c1-13(23)22-20(3,15-8-7-9-16(12-15)26-14(2)24)27-19(21-22)17-10-5-6-11-18(17)25-4/h5-12H,1-4H3/t20-/m1/s1. The van der Waals surface area contributed by atoms with Crippen LogP contribution in [0, 0.1) is 0 Å². The van der Waals surface area contributed by atoms with Crippen LogP contribution in [0.5, 0.6) is 11.5 Å². The number of rotatable bonds is 4. The predicted octanol–water partition coefficient (Wildman–Crippen LogP) is 3.03. The third-order valence-electron chi connectivity index (χ3n) is 4.16. The van der Waals surface area contributed by atoms with Gasteiger partial charge in [-0.1, -0.05) is 24.3 Å². The minimum atomic E-state index is -1.20. The average Bonchev–Trinajstić information content (AvgIpc) is 3.00. The van der Waals surface area contributed by atoms with Gasteiger partial charge in [-0.05, 0) is 24.3 Å². The van der Waals surface area contributed by atoms with Crippen molar-refractivity contribution in [3.8, 4) is 11.5 Å². The molecule has 0 fully saturated rings. The summed E-state index contributed by atoms with van der Waals surface area (Å²) in [6.45, 7) is 4.46. The van der Waals surface area contributed by atoms with Gasteiger partial charge in [0.25, 0.3) is 0 Å². The van der Waals surface area contributed by atoms with Crippen LogP contribution in [0.2, 0.25) is 0 Å². The van der Waals surface area contributed by atoms with E-state index in [0.717, 1.165) is 0 Å². The zero-order chi connectivity index (χ0) is 19.6. The normalized spacial score (nSPS) is 18.5. The molecule has 0 spiro atoms. The van der Waals surface area contributed by atoms with Crippen LogP contribution >= 0.6 is 0 Å². The van der Waals surface area contributed by atoms with Crippen molar-refractivity contribution in [2.24, 2.45) is 5.10 Å². The molecule has 1 amide bonds. The molecule has 1 aliphatic rings. The second kappa shape index (κ2) is 7.11. The largest absolute Gasteiger partial charge is 0.496 e. The van der Waals surface area contributed by atoms with Gasteiger partial charge in [-0.25, -0.2) is 0 Å². The summed E-state index contributed by atoms with van der Waals surface area (Å²) in [7, 11) is 1.55. The highest BCUT2D eigenvalue weighted by Crippen LogP contribution is 2.38. The van der Waals surface area contributed by atoms with E-state index in [9.17, 15) is 9.59 Å². The number of methoxy groups -OCH3 is 1. The number of hydrogen-bond acceptors (Lipinski definition) is 6. The van der Waals surface area contributed by atoms with E-state index in [1.54, 1.807) is 50.4 Å². The summed E-state index contributed by atoms with van der Waals surface area (Å²) in [6.07, 6.45) is 0. The second-order valence-electron chi connectivity index (χ2n) is 6.14. The van der Waals surface area contributed by atoms with Crippen molar-refractivity contribution in [2.45, 2.75) is 26.5 Å². The molecule has 0 aromatic heterocycles. The molecule has 7 nitrogen and oxygen atoms in total. The molecule has 7 heteroatoms. The number of esters is 1. The summed E-state index contributed by atoms with van der Waals surface area (Å²) in [5.41, 5.74) is 0.0502. The Morgan fingerprint density at radius 1 is 1.11 bits per heavy atom. The Balaban J connectivity index is 2.03. The minimum absolute atomic E-state index is 0.267. The van der Waals surface area contributed by atoms with Gasteiger partial charge < -0.3 is 14.2 Å². The Kier molecular flexibility index (Phi) is 4.85. The van der Waals surface area contributed by atoms with Gasteiger partial charge in [0, 0.05) is 26.3 Å². The van der Waals surface area contributed by atoms with Crippen LogP contribution in [0.4, 0.5) is 0 Å². The van der Waals surface area contributed by atoms with E-state index in [-0.39, 0.29) is 11.8 Å². The van der Waals surface area contributed by atoms with Crippen LogP contribution < -0.4 is 9.47 Å². The third-order valence-corrected chi connectivity index (χ3v) is 4.16. The van der Waals surface area contributed by atoms with E-state index in [0.29, 0.717) is 22.6 Å². The molecule has 1 atom stereocenters. The maximum absolute atomic E-state index is 12.3. The SMILES string of the molecule is COc1ccccc1C1=NN(C(C)=O)[C@@](C)(c2cccc(OC(C)=O)c2)O1. The molecule has 2 aromatic carbocycles. The molecule has 1 heterocycles. The van der Waals surface area contributed by atoms with Gasteiger partial charge in [-0.2, -0.15) is 5.01 Å². The zero-order valence-electron chi connectivity index (χ0n) is 15.6. The Morgan fingerprint density at radius 3 is 2.52 bits per heavy atom. The molecule has 27 heavy (non-hydrogen) atoms. The van der Waals surface area contributed by atoms with E-state index in [2.05, 4.69) is 5.10 Å². The molecule has 0 bridgehead atoms. The van der Waals surface area contributed by atoms with Crippen molar-refractivity contribution in [1.82, 2.24) is 5.01 Å². The number of benzene rings is 2. The molecule has 0 saturated heterocycles. The van der Waals surface area contributed by atoms with Gasteiger partial charge in [-0.15, -0.1) is 5.10 Å². The summed E-state index contributed by atoms with van der Waals surface area (Å²) in [6, 6.07) is 14.1. The van der Waals surface area contributed by atoms with E-state index in [1.807, 2.05) is 12.1 Å². The summed E-state index contributed by atoms with van der Waals surface area (Å²) in [4.78, 5) is 23.5. The first-order chi connectivity index (χ1) is 12.8. The molecule has 3 rings (SSSR count). The lowest BCUT2D eigenvalue weighted by Gasteiger charge is -2.31. The van der Waals surface area contributed by atoms with Gasteiger partial charge >= 0.3 is 5.97 Å². The number of hydrazone groups is 1. The lowest BCUT2D eigenvalue weighted by Crippen LogP contribution is -2.41. The molecular weight excluding hydrogens is 348 g/mol. The van der Waals surface area contributed by atoms with E-state index >= 15 is 0 Å². The Bertz CT molecular complexity index is 924. The van der Waals surface area contributed by atoms with Crippen molar-refractivity contribution in [3.63, 3.8) is 0 Å². The summed E-state index contributed by atoms with van der Waals surface area (Å²) in [5, 5.41) is 5.64. The Labute approximate surface area is 157 Å². The first kappa shape index (κ1) is 18.4. The maximum atomic E-state index is 12.3. The molecule has 0 saturated carbocycles. The molecule has 0 radical (unpaired) electrons. The maximum Gasteiger partial charge on any atom is 0.308 e. The fraction of sp³-hybridized carbons (Fsp3) is 0.250. The number of nitrogens with zero attached hydrogens (tertiary/aromatic N) is 2. The van der Waals surface area contributed by atoms with E-state index in [1.165, 1.54) is 18.9 Å². The lowest BCUT2D eigenvalue weighted by molar-refractivity contribution is -0.146. The van der Waals surface area contributed by atoms with Crippen molar-refractivity contribution >= 4 is 17.8 Å².